The van der Waals surface area contributed by atoms with Crippen LogP contribution in [0.1, 0.15) is 54.0 Å². The first-order valence-electron chi connectivity index (χ1n) is 8.23. The molecule has 2 N–H and O–H groups in total. The van der Waals surface area contributed by atoms with E-state index in [0.717, 1.165) is 41.5 Å². The number of aryl methyl sites for hydroxylation is 1. The molecule has 2 heterocycles. The number of nitrogens with one attached hydrogen (secondary N) is 2. The van der Waals surface area contributed by atoms with Gasteiger partial charge in [-0.1, -0.05) is 20.8 Å². The second kappa shape index (κ2) is 8.61. The monoisotopic (exact) mass is 375 g/mol. The Morgan fingerprint density at radius 3 is 2.50 bits per heavy atom. The first-order valence-corrected chi connectivity index (χ1v) is 9.05. The van der Waals surface area contributed by atoms with Crippen molar-refractivity contribution in [3.63, 3.8) is 0 Å². The largest absolute Gasteiger partial charge is 0.384 e. The minimum Gasteiger partial charge on any atom is -0.384 e. The highest BCUT2D eigenvalue weighted by atomic mass is 35.5. The molecule has 0 unspecified atom stereocenters. The minimum atomic E-state index is -0.0275. The molecule has 0 atom stereocenters. The van der Waals surface area contributed by atoms with Crippen LogP contribution in [0.3, 0.4) is 0 Å². The molecule has 1 amide bonds. The van der Waals surface area contributed by atoms with E-state index >= 15 is 0 Å². The summed E-state index contributed by atoms with van der Waals surface area (Å²) in [5.41, 5.74) is 0.838. The number of halogens is 1. The van der Waals surface area contributed by atoms with Gasteiger partial charge in [-0.2, -0.15) is 0 Å². The van der Waals surface area contributed by atoms with E-state index in [1.165, 1.54) is 11.3 Å². The average Bonchev–Trinajstić information content (AvgIpc) is 2.88. The van der Waals surface area contributed by atoms with E-state index in [-0.39, 0.29) is 29.1 Å². The molecular weight excluding hydrogens is 346 g/mol. The van der Waals surface area contributed by atoms with Gasteiger partial charge in [0.2, 0.25) is 0 Å². The van der Waals surface area contributed by atoms with Crippen LogP contribution in [0, 0.1) is 12.3 Å². The van der Waals surface area contributed by atoms with Crippen molar-refractivity contribution in [1.29, 1.82) is 0 Å². The summed E-state index contributed by atoms with van der Waals surface area (Å²) in [6, 6.07) is 0. The smallest absolute Gasteiger partial charge is 0.263 e. The molecule has 24 heavy (non-hydrogen) atoms. The number of ether oxygens (including phenoxy) is 1. The Bertz CT molecular complexity index is 543. The molecule has 1 aliphatic heterocycles. The van der Waals surface area contributed by atoms with Crippen molar-refractivity contribution in [2.45, 2.75) is 46.0 Å². The number of hydrogen-bond acceptors (Lipinski definition) is 5. The van der Waals surface area contributed by atoms with E-state index in [1.54, 1.807) is 7.11 Å². The molecule has 0 aromatic carbocycles. The van der Waals surface area contributed by atoms with Crippen LogP contribution in [0.2, 0.25) is 0 Å². The lowest BCUT2D eigenvalue weighted by Crippen LogP contribution is -2.47. The molecule has 0 spiro atoms. The summed E-state index contributed by atoms with van der Waals surface area (Å²) in [7, 11) is 1.73. The van der Waals surface area contributed by atoms with Gasteiger partial charge in [0.05, 0.1) is 17.3 Å². The van der Waals surface area contributed by atoms with Gasteiger partial charge < -0.3 is 15.4 Å². The summed E-state index contributed by atoms with van der Waals surface area (Å²) in [5.74, 6) is -0.00971. The number of amides is 1. The van der Waals surface area contributed by atoms with Crippen molar-refractivity contribution in [3.05, 3.63) is 15.6 Å². The third-order valence-corrected chi connectivity index (χ3v) is 5.97. The average molecular weight is 376 g/mol. The Morgan fingerprint density at radius 1 is 1.38 bits per heavy atom. The topological polar surface area (TPSA) is 63.2 Å². The zero-order valence-electron chi connectivity index (χ0n) is 15.3. The summed E-state index contributed by atoms with van der Waals surface area (Å²) in [6.45, 7) is 11.6. The fourth-order valence-corrected chi connectivity index (χ4v) is 3.95. The molecule has 0 saturated carbocycles. The first kappa shape index (κ1) is 21.4. The molecule has 7 heteroatoms. The summed E-state index contributed by atoms with van der Waals surface area (Å²) >= 11 is 1.51. The van der Waals surface area contributed by atoms with Crippen LogP contribution in [0.4, 0.5) is 0 Å². The van der Waals surface area contributed by atoms with Crippen LogP contribution in [-0.4, -0.2) is 44.2 Å². The highest BCUT2D eigenvalue weighted by Gasteiger charge is 2.33. The molecule has 0 bridgehead atoms. The Labute approximate surface area is 155 Å². The molecule has 1 fully saturated rings. The number of rotatable bonds is 5. The molecule has 1 saturated heterocycles. The second-order valence-corrected chi connectivity index (χ2v) is 8.55. The van der Waals surface area contributed by atoms with Crippen molar-refractivity contribution in [2.75, 3.05) is 33.4 Å². The first-order chi connectivity index (χ1) is 10.8. The molecule has 5 nitrogen and oxygen atoms in total. The molecule has 2 rings (SSSR count). The summed E-state index contributed by atoms with van der Waals surface area (Å²) in [6.07, 6.45) is 2.05. The van der Waals surface area contributed by atoms with Crippen LogP contribution >= 0.6 is 23.7 Å². The lowest BCUT2D eigenvalue weighted by atomic mass is 9.79. The normalized spacial score (nSPS) is 17.2. The molecule has 1 aromatic heterocycles. The highest BCUT2D eigenvalue weighted by molar-refractivity contribution is 7.14. The number of thiazole rings is 1. The third kappa shape index (κ3) is 5.15. The molecule has 138 valence electrons. The number of piperidine rings is 1. The van der Waals surface area contributed by atoms with E-state index in [2.05, 4.69) is 36.4 Å². The Hall–Kier alpha value is -0.690. The fraction of sp³-hybridized carbons (Fsp3) is 0.765. The Kier molecular flexibility index (Phi) is 7.66. The molecule has 1 aromatic rings. The van der Waals surface area contributed by atoms with E-state index in [1.807, 2.05) is 6.92 Å². The summed E-state index contributed by atoms with van der Waals surface area (Å²) in [5, 5.41) is 7.50. The minimum absolute atomic E-state index is 0. The Morgan fingerprint density at radius 2 is 2.00 bits per heavy atom. The predicted octanol–water partition coefficient (Wildman–Crippen LogP) is 2.92. The van der Waals surface area contributed by atoms with Gasteiger partial charge in [0.15, 0.2) is 0 Å². The highest BCUT2D eigenvalue weighted by Crippen LogP contribution is 2.30. The van der Waals surface area contributed by atoms with Gasteiger partial charge in [-0.25, -0.2) is 4.98 Å². The standard InChI is InChI=1S/C17H29N3O2S.ClH/c1-12-13(23-15(20-12)16(2,3)4)14(21)19-10-17(11-22-5)6-8-18-9-7-17;/h18H,6-11H2,1-5H3,(H,19,21);1H. The van der Waals surface area contributed by atoms with Gasteiger partial charge in [0.25, 0.3) is 5.91 Å². The molecule has 0 radical (unpaired) electrons. The van der Waals surface area contributed by atoms with Gasteiger partial charge in [0, 0.05) is 24.5 Å². The molecule has 1 aliphatic rings. The van der Waals surface area contributed by atoms with Gasteiger partial charge in [0.1, 0.15) is 4.88 Å². The van der Waals surface area contributed by atoms with E-state index in [0.29, 0.717) is 13.2 Å². The maximum atomic E-state index is 12.6. The van der Waals surface area contributed by atoms with Gasteiger partial charge in [-0.15, -0.1) is 23.7 Å². The number of carbonyl (C=O) groups is 1. The predicted molar refractivity (Wildman–Crippen MR) is 102 cm³/mol. The zero-order valence-corrected chi connectivity index (χ0v) is 17.0. The van der Waals surface area contributed by atoms with Gasteiger partial charge in [-0.3, -0.25) is 4.79 Å². The van der Waals surface area contributed by atoms with E-state index in [4.69, 9.17) is 4.74 Å². The summed E-state index contributed by atoms with van der Waals surface area (Å²) in [4.78, 5) is 17.9. The number of aromatic nitrogens is 1. The van der Waals surface area contributed by atoms with Crippen molar-refractivity contribution in [2.24, 2.45) is 5.41 Å². The van der Waals surface area contributed by atoms with Crippen LogP contribution in [0.5, 0.6) is 0 Å². The van der Waals surface area contributed by atoms with Gasteiger partial charge >= 0.3 is 0 Å². The maximum Gasteiger partial charge on any atom is 0.263 e. The lowest BCUT2D eigenvalue weighted by Gasteiger charge is -2.37. The number of nitrogens with zero attached hydrogens (tertiary/aromatic N) is 1. The van der Waals surface area contributed by atoms with E-state index < -0.39 is 0 Å². The molecule has 0 aliphatic carbocycles. The van der Waals surface area contributed by atoms with Crippen molar-refractivity contribution in [1.82, 2.24) is 15.6 Å². The second-order valence-electron chi connectivity index (χ2n) is 7.55. The van der Waals surface area contributed by atoms with Crippen molar-refractivity contribution < 1.29 is 9.53 Å². The fourth-order valence-electron chi connectivity index (χ4n) is 2.91. The Balaban J connectivity index is 0.00000288. The van der Waals surface area contributed by atoms with Gasteiger partial charge in [-0.05, 0) is 32.9 Å². The van der Waals surface area contributed by atoms with Crippen molar-refractivity contribution >= 4 is 29.7 Å². The number of methoxy groups -OCH3 is 1. The zero-order chi connectivity index (χ0) is 17.1. The van der Waals surface area contributed by atoms with Crippen LogP contribution < -0.4 is 10.6 Å². The van der Waals surface area contributed by atoms with Crippen molar-refractivity contribution in [3.8, 4) is 0 Å². The number of hydrogen-bond donors (Lipinski definition) is 2. The maximum absolute atomic E-state index is 12.6. The molecular formula is C17H30ClN3O2S. The number of carbonyl (C=O) groups excluding carboxylic acids is 1. The van der Waals surface area contributed by atoms with E-state index in [9.17, 15) is 4.79 Å². The third-order valence-electron chi connectivity index (χ3n) is 4.38. The summed E-state index contributed by atoms with van der Waals surface area (Å²) < 4.78 is 5.41. The lowest BCUT2D eigenvalue weighted by molar-refractivity contribution is 0.0512. The van der Waals surface area contributed by atoms with Crippen LogP contribution in [-0.2, 0) is 10.2 Å². The van der Waals surface area contributed by atoms with Crippen LogP contribution in [0.15, 0.2) is 0 Å². The van der Waals surface area contributed by atoms with Crippen LogP contribution in [0.25, 0.3) is 0 Å². The SMILES string of the molecule is COCC1(CNC(=O)c2sc(C(C)(C)C)nc2C)CCNCC1.Cl. The quantitative estimate of drug-likeness (QED) is 0.830.